The normalized spacial score (nSPS) is 16.9. The van der Waals surface area contributed by atoms with E-state index in [1.54, 1.807) is 24.3 Å². The van der Waals surface area contributed by atoms with Crippen LogP contribution in [-0.4, -0.2) is 47.6 Å². The Hall–Kier alpha value is -3.15. The van der Waals surface area contributed by atoms with Crippen molar-refractivity contribution in [2.24, 2.45) is 10.1 Å². The summed E-state index contributed by atoms with van der Waals surface area (Å²) in [5, 5.41) is 14.1. The maximum absolute atomic E-state index is 12.6. The van der Waals surface area contributed by atoms with E-state index in [0.29, 0.717) is 22.1 Å². The molecule has 0 saturated carbocycles. The number of halogens is 1. The van der Waals surface area contributed by atoms with E-state index in [1.165, 1.54) is 20.1 Å². The zero-order valence-corrected chi connectivity index (χ0v) is 20.5. The van der Waals surface area contributed by atoms with Gasteiger partial charge in [0.1, 0.15) is 6.61 Å². The van der Waals surface area contributed by atoms with Gasteiger partial charge in [0.15, 0.2) is 17.3 Å². The molecule has 12 heteroatoms. The molecule has 176 valence electrons. The molecule has 0 aliphatic carbocycles. The molecular formula is C22H19ClN4O5S2. The van der Waals surface area contributed by atoms with Crippen molar-refractivity contribution < 1.29 is 22.7 Å². The van der Waals surface area contributed by atoms with Crippen molar-refractivity contribution in [3.05, 3.63) is 64.2 Å². The van der Waals surface area contributed by atoms with Crippen molar-refractivity contribution in [2.45, 2.75) is 13.5 Å². The molecule has 2 aliphatic rings. The zero-order chi connectivity index (χ0) is 24.5. The van der Waals surface area contributed by atoms with Gasteiger partial charge in [-0.15, -0.1) is 5.10 Å². The highest BCUT2D eigenvalue weighted by atomic mass is 35.5. The number of rotatable bonds is 6. The number of fused-ring (bicyclic) bond motifs is 1. The Kier molecular flexibility index (Phi) is 6.78. The lowest BCUT2D eigenvalue weighted by Gasteiger charge is -2.20. The van der Waals surface area contributed by atoms with Crippen LogP contribution in [0.4, 0.5) is 0 Å². The molecule has 0 aromatic heterocycles. The summed E-state index contributed by atoms with van der Waals surface area (Å²) in [6, 6.07) is 12.4. The average molecular weight is 519 g/mol. The molecular weight excluding hydrogens is 500 g/mol. The average Bonchev–Trinajstić information content (AvgIpc) is 3.26. The van der Waals surface area contributed by atoms with Crippen molar-refractivity contribution in [1.29, 1.82) is 5.41 Å². The fraction of sp³-hybridized carbons (Fsp3) is 0.182. The summed E-state index contributed by atoms with van der Waals surface area (Å²) < 4.78 is 35.4. The van der Waals surface area contributed by atoms with Crippen LogP contribution < -0.4 is 9.47 Å². The van der Waals surface area contributed by atoms with E-state index in [9.17, 15) is 13.2 Å². The number of hydrazone groups is 1. The number of methoxy groups -OCH3 is 1. The van der Waals surface area contributed by atoms with Gasteiger partial charge < -0.3 is 9.47 Å². The molecule has 0 atom stereocenters. The standard InChI is InChI=1S/C22H19ClN4O5S2/c1-3-34(29,30)22-26-27-19(24)15(20(28)25-21(27)33-22)10-13-8-9-17(18(11-13)31-2)32-12-14-6-4-5-7-16(14)23/h4-11,24H,3,12H2,1-2H3/b15-10+,24-19?. The summed E-state index contributed by atoms with van der Waals surface area (Å²) in [6.07, 6.45) is 1.47. The van der Waals surface area contributed by atoms with Crippen LogP contribution in [0, 0.1) is 5.41 Å². The van der Waals surface area contributed by atoms with Crippen LogP contribution in [0.2, 0.25) is 5.02 Å². The minimum absolute atomic E-state index is 0.0324. The number of carbonyl (C=O) groups excluding carboxylic acids is 1. The Morgan fingerprint density at radius 1 is 1.21 bits per heavy atom. The first-order valence-electron chi connectivity index (χ1n) is 10.0. The van der Waals surface area contributed by atoms with Gasteiger partial charge in [0.05, 0.1) is 18.4 Å². The summed E-state index contributed by atoms with van der Waals surface area (Å²) in [4.78, 5) is 16.5. The quantitative estimate of drug-likeness (QED) is 0.575. The molecule has 0 fully saturated rings. The second-order valence-electron chi connectivity index (χ2n) is 7.08. The van der Waals surface area contributed by atoms with E-state index in [-0.39, 0.29) is 33.3 Å². The van der Waals surface area contributed by atoms with E-state index >= 15 is 0 Å². The summed E-state index contributed by atoms with van der Waals surface area (Å²) in [7, 11) is -2.10. The number of amidine groups is 2. The van der Waals surface area contributed by atoms with Gasteiger partial charge >= 0.3 is 0 Å². The maximum Gasteiger partial charge on any atom is 0.283 e. The number of nitrogens with one attached hydrogen (secondary N) is 1. The lowest BCUT2D eigenvalue weighted by Crippen LogP contribution is -2.35. The molecule has 0 spiro atoms. The van der Waals surface area contributed by atoms with Crippen molar-refractivity contribution in [3.63, 3.8) is 0 Å². The number of ether oxygens (including phenoxy) is 2. The van der Waals surface area contributed by atoms with Crippen molar-refractivity contribution in [3.8, 4) is 11.5 Å². The highest BCUT2D eigenvalue weighted by Gasteiger charge is 2.39. The molecule has 0 bridgehead atoms. The third kappa shape index (κ3) is 4.72. The summed E-state index contributed by atoms with van der Waals surface area (Å²) in [5.74, 6) is -0.167. The predicted octanol–water partition coefficient (Wildman–Crippen LogP) is 3.94. The van der Waals surface area contributed by atoms with Crippen LogP contribution in [0.5, 0.6) is 11.5 Å². The third-order valence-electron chi connectivity index (χ3n) is 4.92. The number of hydrogen-bond donors (Lipinski definition) is 1. The second kappa shape index (κ2) is 9.61. The maximum atomic E-state index is 12.6. The Morgan fingerprint density at radius 2 is 1.97 bits per heavy atom. The van der Waals surface area contributed by atoms with Crippen LogP contribution >= 0.6 is 23.4 Å². The third-order valence-corrected chi connectivity index (χ3v) is 8.38. The summed E-state index contributed by atoms with van der Waals surface area (Å²) in [6.45, 7) is 1.74. The van der Waals surface area contributed by atoms with Crippen molar-refractivity contribution in [1.82, 2.24) is 5.01 Å². The Morgan fingerprint density at radius 3 is 2.68 bits per heavy atom. The highest BCUT2D eigenvalue weighted by Crippen LogP contribution is 2.33. The fourth-order valence-electron chi connectivity index (χ4n) is 3.05. The number of carbonyl (C=O) groups is 1. The Labute approximate surface area is 205 Å². The van der Waals surface area contributed by atoms with E-state index < -0.39 is 15.7 Å². The number of nitrogens with zero attached hydrogens (tertiary/aromatic N) is 3. The molecule has 2 aliphatic heterocycles. The fourth-order valence-corrected chi connectivity index (χ4v) is 5.41. The summed E-state index contributed by atoms with van der Waals surface area (Å²) >= 11 is 6.93. The zero-order valence-electron chi connectivity index (χ0n) is 18.1. The minimum Gasteiger partial charge on any atom is -0.493 e. The number of benzene rings is 2. The molecule has 2 heterocycles. The van der Waals surface area contributed by atoms with Crippen molar-refractivity contribution in [2.75, 3.05) is 12.9 Å². The van der Waals surface area contributed by atoms with E-state index in [2.05, 4.69) is 10.1 Å². The number of sulfone groups is 1. The molecule has 2 aromatic carbocycles. The molecule has 2 aromatic rings. The molecule has 1 amide bonds. The van der Waals surface area contributed by atoms with Gasteiger partial charge in [-0.25, -0.2) is 8.42 Å². The number of hydrogen-bond acceptors (Lipinski definition) is 8. The van der Waals surface area contributed by atoms with Gasteiger partial charge in [-0.1, -0.05) is 42.8 Å². The molecule has 1 N–H and O–H groups in total. The predicted molar refractivity (Wildman–Crippen MR) is 133 cm³/mol. The highest BCUT2D eigenvalue weighted by molar-refractivity contribution is 8.42. The monoisotopic (exact) mass is 518 g/mol. The minimum atomic E-state index is -3.59. The number of amides is 1. The van der Waals surface area contributed by atoms with E-state index in [4.69, 9.17) is 26.5 Å². The van der Waals surface area contributed by atoms with Crippen LogP contribution in [0.15, 0.2) is 58.1 Å². The van der Waals surface area contributed by atoms with Gasteiger partial charge in [0, 0.05) is 10.6 Å². The number of aliphatic imine (C=N–C) groups is 1. The molecule has 34 heavy (non-hydrogen) atoms. The van der Waals surface area contributed by atoms with Crippen LogP contribution in [-0.2, 0) is 21.2 Å². The first-order chi connectivity index (χ1) is 16.2. The second-order valence-corrected chi connectivity index (χ2v) is 10.9. The largest absolute Gasteiger partial charge is 0.493 e. The summed E-state index contributed by atoms with van der Waals surface area (Å²) in [5.41, 5.74) is 1.35. The van der Waals surface area contributed by atoms with Gasteiger partial charge in [0.25, 0.3) is 5.91 Å². The smallest absolute Gasteiger partial charge is 0.283 e. The first kappa shape index (κ1) is 24.0. The molecule has 0 radical (unpaired) electrons. The Balaban J connectivity index is 1.59. The topological polar surface area (TPSA) is 121 Å². The lowest BCUT2D eigenvalue weighted by molar-refractivity contribution is -0.114. The van der Waals surface area contributed by atoms with Crippen LogP contribution in [0.1, 0.15) is 18.1 Å². The van der Waals surface area contributed by atoms with Crippen LogP contribution in [0.25, 0.3) is 6.08 Å². The SMILES string of the molecule is CCS(=O)(=O)C1=NN2C(=N)/C(=C\c3ccc(OCc4ccccc4Cl)c(OC)c3)C(=O)N=C2S1. The van der Waals surface area contributed by atoms with Crippen LogP contribution in [0.3, 0.4) is 0 Å². The molecule has 4 rings (SSSR count). The Bertz CT molecular complexity index is 1390. The molecule has 9 nitrogen and oxygen atoms in total. The first-order valence-corrected chi connectivity index (χ1v) is 12.9. The number of thioether (sulfide) groups is 1. The van der Waals surface area contributed by atoms with Gasteiger partial charge in [-0.05, 0) is 41.6 Å². The van der Waals surface area contributed by atoms with Crippen molar-refractivity contribution >= 4 is 60.6 Å². The van der Waals surface area contributed by atoms with E-state index in [0.717, 1.165) is 22.3 Å². The molecule has 0 unspecified atom stereocenters. The van der Waals surface area contributed by atoms with Gasteiger partial charge in [-0.2, -0.15) is 10.0 Å². The van der Waals surface area contributed by atoms with Gasteiger partial charge in [0.2, 0.25) is 19.4 Å². The van der Waals surface area contributed by atoms with Gasteiger partial charge in [-0.3, -0.25) is 10.2 Å². The van der Waals surface area contributed by atoms with E-state index in [1.807, 2.05) is 18.2 Å². The lowest BCUT2D eigenvalue weighted by atomic mass is 10.1. The molecule has 0 saturated heterocycles.